The Morgan fingerprint density at radius 3 is 2.58 bits per heavy atom. The number of nitrogens with one attached hydrogen (secondary N) is 1. The van der Waals surface area contributed by atoms with Crippen molar-refractivity contribution in [2.45, 2.75) is 72.3 Å². The molecule has 13 nitrogen and oxygen atoms in total. The van der Waals surface area contributed by atoms with Crippen LogP contribution in [0.1, 0.15) is 65.3 Å². The molecule has 3 aromatic rings. The number of aromatic nitrogens is 3. The lowest BCUT2D eigenvalue weighted by Crippen LogP contribution is -2.50. The van der Waals surface area contributed by atoms with E-state index in [1.807, 2.05) is 36.6 Å². The van der Waals surface area contributed by atoms with E-state index >= 15 is 0 Å². The highest BCUT2D eigenvalue weighted by atomic mass is 16.5. The van der Waals surface area contributed by atoms with Crippen LogP contribution in [0.5, 0.6) is 5.75 Å². The number of hydrogen-bond acceptors (Lipinski definition) is 12. The molecule has 3 aliphatic heterocycles. The normalized spacial score (nSPS) is 17.6. The second-order valence-electron chi connectivity index (χ2n) is 13.4. The molecule has 3 aliphatic rings. The van der Waals surface area contributed by atoms with Crippen LogP contribution >= 0.6 is 0 Å². The Labute approximate surface area is 281 Å². The van der Waals surface area contributed by atoms with Crippen molar-refractivity contribution in [1.29, 1.82) is 0 Å². The fourth-order valence-electron chi connectivity index (χ4n) is 6.43. The largest absolute Gasteiger partial charge is 0.485 e. The minimum absolute atomic E-state index is 0.0470. The van der Waals surface area contributed by atoms with Crippen LogP contribution in [0.2, 0.25) is 0 Å². The molecule has 2 N–H and O–H groups in total. The number of ether oxygens (including phenoxy) is 2. The number of β-amino-alcohol motifs (C(OH)–C–C–N with tert-alkyl or cyclic N) is 1. The summed E-state index contributed by atoms with van der Waals surface area (Å²) in [5.74, 6) is 2.59. The number of hydrogen-bond donors (Lipinski definition) is 2. The van der Waals surface area contributed by atoms with Gasteiger partial charge in [0.05, 0.1) is 31.1 Å². The maximum atomic E-state index is 13.4. The Kier molecular flexibility index (Phi) is 10.6. The fourth-order valence-corrected chi connectivity index (χ4v) is 6.43. The van der Waals surface area contributed by atoms with E-state index in [0.717, 1.165) is 42.3 Å². The summed E-state index contributed by atoms with van der Waals surface area (Å²) in [6.45, 7) is 13.7. The minimum atomic E-state index is -0.651. The summed E-state index contributed by atoms with van der Waals surface area (Å²) in [5.41, 5.74) is 4.80. The molecule has 0 radical (unpaired) electrons. The van der Waals surface area contributed by atoms with E-state index in [1.54, 1.807) is 6.07 Å². The van der Waals surface area contributed by atoms with Crippen LogP contribution in [0.3, 0.4) is 0 Å². The first-order valence-corrected chi connectivity index (χ1v) is 17.0. The number of benzene rings is 1. The predicted octanol–water partition coefficient (Wildman–Crippen LogP) is 3.16. The number of fused-ring (bicyclic) bond motifs is 1. The zero-order valence-corrected chi connectivity index (χ0v) is 28.4. The van der Waals surface area contributed by atoms with Gasteiger partial charge in [0.15, 0.2) is 17.9 Å². The Bertz CT molecular complexity index is 1600. The number of piperazine rings is 1. The number of amides is 1. The molecule has 2 fully saturated rings. The number of oxazole rings is 1. The van der Waals surface area contributed by atoms with Crippen LogP contribution in [-0.4, -0.2) is 106 Å². The number of Topliss-reactive ketones (excluding diaryl/α,β-unsaturated/α-hetero) is 1. The van der Waals surface area contributed by atoms with Crippen LogP contribution < -0.4 is 15.0 Å². The second-order valence-corrected chi connectivity index (χ2v) is 13.4. The van der Waals surface area contributed by atoms with Crippen molar-refractivity contribution in [2.24, 2.45) is 5.92 Å². The van der Waals surface area contributed by atoms with Crippen molar-refractivity contribution >= 4 is 23.5 Å². The first-order chi connectivity index (χ1) is 23.1. The molecule has 258 valence electrons. The van der Waals surface area contributed by atoms with Crippen LogP contribution in [0.25, 0.3) is 0 Å². The summed E-state index contributed by atoms with van der Waals surface area (Å²) >= 11 is 0. The molecule has 48 heavy (non-hydrogen) atoms. The van der Waals surface area contributed by atoms with Crippen LogP contribution in [0, 0.1) is 19.8 Å². The number of aryl methyl sites for hydroxylation is 1. The highest BCUT2D eigenvalue weighted by molar-refractivity contribution is 5.95. The van der Waals surface area contributed by atoms with Gasteiger partial charge in [-0.05, 0) is 49.4 Å². The standard InChI is InChI=1S/C35H47N7O6/c1-22(2)34(45)41-11-13-42(14-12-41)35-38-29(15-33(39-35)37-26-18-46-19-26)30(44)7-6-27(43)17-40-10-9-28-23(3)31(8-5-25(28)16-40)47-20-32-24(4)36-21-48-32/h5,8,15,21-22,26-27,43H,6-7,9-14,16-20H2,1-4H3,(H,37,38,39)/t27-/m0/s1. The molecular formula is C35H47N7O6. The van der Waals surface area contributed by atoms with Gasteiger partial charge in [-0.2, -0.15) is 4.98 Å². The van der Waals surface area contributed by atoms with E-state index in [1.165, 1.54) is 17.5 Å². The number of rotatable bonds is 13. The highest BCUT2D eigenvalue weighted by Gasteiger charge is 2.27. The van der Waals surface area contributed by atoms with E-state index < -0.39 is 6.10 Å². The van der Waals surface area contributed by atoms with E-state index in [0.29, 0.717) is 76.4 Å². The summed E-state index contributed by atoms with van der Waals surface area (Å²) < 4.78 is 16.8. The maximum absolute atomic E-state index is 13.4. The Hall–Kier alpha value is -4.07. The van der Waals surface area contributed by atoms with Crippen molar-refractivity contribution in [3.8, 4) is 5.75 Å². The molecule has 13 heteroatoms. The number of ketones is 1. The van der Waals surface area contributed by atoms with Gasteiger partial charge >= 0.3 is 0 Å². The zero-order chi connectivity index (χ0) is 33.8. The third kappa shape index (κ3) is 7.96. The molecule has 1 aromatic carbocycles. The monoisotopic (exact) mass is 661 g/mol. The van der Waals surface area contributed by atoms with Crippen molar-refractivity contribution in [3.05, 3.63) is 58.4 Å². The number of nitrogens with zero attached hydrogens (tertiary/aromatic N) is 6. The molecule has 5 heterocycles. The van der Waals surface area contributed by atoms with Gasteiger partial charge < -0.3 is 34.1 Å². The van der Waals surface area contributed by atoms with Gasteiger partial charge in [-0.3, -0.25) is 14.5 Å². The minimum Gasteiger partial charge on any atom is -0.485 e. The molecular weight excluding hydrogens is 614 g/mol. The lowest BCUT2D eigenvalue weighted by molar-refractivity contribution is -0.134. The molecule has 0 unspecified atom stereocenters. The van der Waals surface area contributed by atoms with E-state index in [4.69, 9.17) is 18.9 Å². The van der Waals surface area contributed by atoms with Gasteiger partial charge in [0.1, 0.15) is 23.9 Å². The fraction of sp³-hybridized carbons (Fsp3) is 0.571. The third-order valence-corrected chi connectivity index (χ3v) is 9.45. The van der Waals surface area contributed by atoms with Crippen molar-refractivity contribution in [3.63, 3.8) is 0 Å². The topological polar surface area (TPSA) is 146 Å². The Morgan fingerprint density at radius 1 is 1.10 bits per heavy atom. The molecule has 0 aliphatic carbocycles. The quantitative estimate of drug-likeness (QED) is 0.260. The summed E-state index contributed by atoms with van der Waals surface area (Å²) in [4.78, 5) is 45.6. The van der Waals surface area contributed by atoms with Crippen LogP contribution in [-0.2, 0) is 29.1 Å². The summed E-state index contributed by atoms with van der Waals surface area (Å²) in [6.07, 6.45) is 2.15. The van der Waals surface area contributed by atoms with Gasteiger partial charge in [-0.15, -0.1) is 0 Å². The number of aliphatic hydroxyl groups excluding tert-OH is 1. The van der Waals surface area contributed by atoms with Crippen molar-refractivity contribution < 1.29 is 28.6 Å². The first-order valence-electron chi connectivity index (χ1n) is 17.0. The van der Waals surface area contributed by atoms with Gasteiger partial charge in [0.25, 0.3) is 0 Å². The van der Waals surface area contributed by atoms with Gasteiger partial charge in [-0.1, -0.05) is 19.9 Å². The number of carbonyl (C=O) groups excluding carboxylic acids is 2. The van der Waals surface area contributed by atoms with E-state index in [9.17, 15) is 14.7 Å². The summed E-state index contributed by atoms with van der Waals surface area (Å²) in [6, 6.07) is 5.94. The Morgan fingerprint density at radius 2 is 1.90 bits per heavy atom. The highest BCUT2D eigenvalue weighted by Crippen LogP contribution is 2.30. The third-order valence-electron chi connectivity index (χ3n) is 9.45. The van der Waals surface area contributed by atoms with Gasteiger partial charge in [0.2, 0.25) is 11.9 Å². The lowest BCUT2D eigenvalue weighted by Gasteiger charge is -2.36. The molecule has 0 spiro atoms. The predicted molar refractivity (Wildman–Crippen MR) is 179 cm³/mol. The molecule has 6 rings (SSSR count). The SMILES string of the molecule is Cc1ncoc1COc1ccc2c(c1C)CCN(C[C@@H](O)CCC(=O)c1cc(NC3COC3)nc(N3CCN(C(=O)C(C)C)CC3)n1)C2. The smallest absolute Gasteiger partial charge is 0.228 e. The number of aliphatic hydroxyl groups is 1. The van der Waals surface area contributed by atoms with Gasteiger partial charge in [0, 0.05) is 64.2 Å². The molecule has 0 bridgehead atoms. The average Bonchev–Trinajstić information content (AvgIpc) is 3.48. The van der Waals surface area contributed by atoms with E-state index in [-0.39, 0.29) is 30.1 Å². The summed E-state index contributed by atoms with van der Waals surface area (Å²) in [5, 5.41) is 14.3. The second kappa shape index (κ2) is 15.0. The van der Waals surface area contributed by atoms with Crippen molar-refractivity contribution in [2.75, 3.05) is 62.7 Å². The van der Waals surface area contributed by atoms with Crippen molar-refractivity contribution in [1.82, 2.24) is 24.8 Å². The summed E-state index contributed by atoms with van der Waals surface area (Å²) in [7, 11) is 0. The molecule has 0 saturated carbocycles. The first kappa shape index (κ1) is 33.8. The average molecular weight is 662 g/mol. The zero-order valence-electron chi connectivity index (χ0n) is 28.4. The lowest BCUT2D eigenvalue weighted by atomic mass is 9.94. The molecule has 1 amide bonds. The van der Waals surface area contributed by atoms with E-state index in [2.05, 4.69) is 33.2 Å². The number of carbonyl (C=O) groups is 2. The molecule has 2 saturated heterocycles. The number of anilines is 2. The Balaban J connectivity index is 1.03. The van der Waals surface area contributed by atoms with Gasteiger partial charge in [-0.25, -0.2) is 9.97 Å². The van der Waals surface area contributed by atoms with Crippen LogP contribution in [0.4, 0.5) is 11.8 Å². The molecule has 2 aromatic heterocycles. The molecule has 1 atom stereocenters. The van der Waals surface area contributed by atoms with Crippen LogP contribution in [0.15, 0.2) is 29.0 Å². The maximum Gasteiger partial charge on any atom is 0.228 e.